The third-order valence-corrected chi connectivity index (χ3v) is 17.5. The van der Waals surface area contributed by atoms with Crippen LogP contribution in [-0.2, 0) is 65.4 Å². The molecule has 0 aromatic heterocycles. The molecular formula is C69H130O17P2. The number of carbonyl (C=O) groups is 4. The van der Waals surface area contributed by atoms with Crippen molar-refractivity contribution in [3.63, 3.8) is 0 Å². The number of esters is 4. The van der Waals surface area contributed by atoms with Gasteiger partial charge in [0, 0.05) is 25.7 Å². The molecule has 0 amide bonds. The van der Waals surface area contributed by atoms with Crippen LogP contribution in [-0.4, -0.2) is 96.7 Å². The number of unbranched alkanes of at least 4 members (excludes halogenated alkanes) is 29. The Morgan fingerprint density at radius 2 is 0.670 bits per heavy atom. The van der Waals surface area contributed by atoms with Crippen LogP contribution >= 0.6 is 15.6 Å². The Hall–Kier alpha value is -2.46. The lowest BCUT2D eigenvalue weighted by Gasteiger charge is -2.21. The Balaban J connectivity index is 5.28. The minimum atomic E-state index is -4.96. The van der Waals surface area contributed by atoms with Crippen LogP contribution in [0.4, 0.5) is 0 Å². The van der Waals surface area contributed by atoms with E-state index in [1.54, 1.807) is 0 Å². The molecular weight excluding hydrogens is 1160 g/mol. The van der Waals surface area contributed by atoms with E-state index in [9.17, 15) is 43.2 Å². The number of phosphoric ester groups is 2. The monoisotopic (exact) mass is 1290 g/mol. The van der Waals surface area contributed by atoms with Crippen molar-refractivity contribution in [1.82, 2.24) is 0 Å². The van der Waals surface area contributed by atoms with E-state index < -0.39 is 97.5 Å². The molecule has 0 fully saturated rings. The molecule has 0 aliphatic carbocycles. The van der Waals surface area contributed by atoms with E-state index in [-0.39, 0.29) is 25.7 Å². The number of allylic oxidation sites excluding steroid dienone is 4. The average Bonchev–Trinajstić information content (AvgIpc) is 3.58. The van der Waals surface area contributed by atoms with Crippen molar-refractivity contribution in [2.75, 3.05) is 39.6 Å². The van der Waals surface area contributed by atoms with Gasteiger partial charge in [0.15, 0.2) is 12.2 Å². The molecule has 88 heavy (non-hydrogen) atoms. The van der Waals surface area contributed by atoms with Crippen molar-refractivity contribution in [2.45, 2.75) is 336 Å². The van der Waals surface area contributed by atoms with Gasteiger partial charge in [-0.25, -0.2) is 9.13 Å². The van der Waals surface area contributed by atoms with E-state index in [1.165, 1.54) is 109 Å². The molecule has 0 saturated heterocycles. The molecule has 0 spiro atoms. The molecule has 0 radical (unpaired) electrons. The highest BCUT2D eigenvalue weighted by molar-refractivity contribution is 7.47. The van der Waals surface area contributed by atoms with Crippen molar-refractivity contribution in [3.05, 3.63) is 24.3 Å². The van der Waals surface area contributed by atoms with Gasteiger partial charge in [-0.05, 0) is 69.1 Å². The predicted octanol–water partition coefficient (Wildman–Crippen LogP) is 19.0. The normalized spacial score (nSPS) is 14.7. The van der Waals surface area contributed by atoms with Crippen molar-refractivity contribution in [2.24, 2.45) is 17.8 Å². The van der Waals surface area contributed by atoms with Crippen LogP contribution in [0, 0.1) is 17.8 Å². The standard InChI is InChI=1S/C69H130O17P2/c1-8-10-11-12-13-14-15-16-17-18-19-24-29-38-45-52-68(73)85-65(57-80-67(72)51-44-37-32-31-35-42-49-62(7)9-2)59-84-88(77,78)82-55-63(70)54-81-87(75,76)83-58-64(86-69(74)53-46-39-30-25-27-34-41-48-61(5)6)56-79-66(71)50-43-36-28-23-21-20-22-26-33-40-47-60(3)4/h14-17,60-65,70H,8-13,18-59H2,1-7H3,(H,75,76)(H,77,78)/b15-14-,17-16-/t62?,63-,64-,65-/m1/s1. The quantitative estimate of drug-likeness (QED) is 0.0169. The summed E-state index contributed by atoms with van der Waals surface area (Å²) < 4.78 is 68.1. The second kappa shape index (κ2) is 59.5. The lowest BCUT2D eigenvalue weighted by Crippen LogP contribution is -2.30. The maximum absolute atomic E-state index is 13.0. The van der Waals surface area contributed by atoms with E-state index in [0.717, 1.165) is 121 Å². The molecule has 0 aliphatic heterocycles. The molecule has 0 aromatic rings. The van der Waals surface area contributed by atoms with E-state index in [0.29, 0.717) is 31.6 Å². The summed E-state index contributed by atoms with van der Waals surface area (Å²) >= 11 is 0. The fourth-order valence-electron chi connectivity index (χ4n) is 9.79. The first-order chi connectivity index (χ1) is 42.3. The van der Waals surface area contributed by atoms with E-state index >= 15 is 0 Å². The van der Waals surface area contributed by atoms with Gasteiger partial charge >= 0.3 is 39.5 Å². The molecule has 0 saturated carbocycles. The summed E-state index contributed by atoms with van der Waals surface area (Å²) in [5.74, 6) is 0.0162. The Labute approximate surface area is 535 Å². The third-order valence-electron chi connectivity index (χ3n) is 15.6. The van der Waals surface area contributed by atoms with Crippen LogP contribution in [0.1, 0.15) is 318 Å². The zero-order valence-electron chi connectivity index (χ0n) is 56.7. The summed E-state index contributed by atoms with van der Waals surface area (Å²) in [6.07, 6.45) is 45.4. The van der Waals surface area contributed by atoms with E-state index in [4.69, 9.17) is 37.0 Å². The van der Waals surface area contributed by atoms with Crippen LogP contribution in [0.25, 0.3) is 0 Å². The first-order valence-electron chi connectivity index (χ1n) is 35.2. The van der Waals surface area contributed by atoms with Gasteiger partial charge in [0.05, 0.1) is 26.4 Å². The summed E-state index contributed by atoms with van der Waals surface area (Å²) in [6, 6.07) is 0. The van der Waals surface area contributed by atoms with Crippen LogP contribution in [0.5, 0.6) is 0 Å². The molecule has 6 atom stereocenters. The molecule has 3 N–H and O–H groups in total. The molecule has 518 valence electrons. The Morgan fingerprint density at radius 3 is 1.01 bits per heavy atom. The summed E-state index contributed by atoms with van der Waals surface area (Å²) in [6.45, 7) is 11.7. The van der Waals surface area contributed by atoms with Gasteiger partial charge in [0.1, 0.15) is 19.3 Å². The third kappa shape index (κ3) is 61.1. The molecule has 19 heteroatoms. The van der Waals surface area contributed by atoms with Gasteiger partial charge in [0.2, 0.25) is 0 Å². The highest BCUT2D eigenvalue weighted by Crippen LogP contribution is 2.45. The number of aliphatic hydroxyl groups excluding tert-OH is 1. The minimum absolute atomic E-state index is 0.0835. The van der Waals surface area contributed by atoms with Gasteiger partial charge < -0.3 is 33.8 Å². The first-order valence-corrected chi connectivity index (χ1v) is 38.2. The average molecular weight is 1290 g/mol. The molecule has 0 aromatic carbocycles. The second-order valence-electron chi connectivity index (χ2n) is 25.4. The summed E-state index contributed by atoms with van der Waals surface area (Å²) in [5, 5.41) is 10.6. The highest BCUT2D eigenvalue weighted by atomic mass is 31.2. The Bertz CT molecular complexity index is 1830. The van der Waals surface area contributed by atoms with Crippen LogP contribution in [0.2, 0.25) is 0 Å². The largest absolute Gasteiger partial charge is 0.472 e. The number of phosphoric acid groups is 2. The molecule has 0 rings (SSSR count). The fourth-order valence-corrected chi connectivity index (χ4v) is 11.4. The SMILES string of the molecule is CCCCCC/C=C\C=C/CCCCCCCC(=O)O[C@H](COC(=O)CCCCCCCCC(C)CC)COP(=O)(O)OC[C@H](O)COP(=O)(O)OC[C@@H](COC(=O)CCCCCCCCCCCCC(C)C)OC(=O)CCCCCCCCCC(C)C. The van der Waals surface area contributed by atoms with Crippen molar-refractivity contribution in [3.8, 4) is 0 Å². The first kappa shape index (κ1) is 85.5. The van der Waals surface area contributed by atoms with Gasteiger partial charge in [-0.1, -0.05) is 265 Å². The molecule has 0 bridgehead atoms. The van der Waals surface area contributed by atoms with Crippen LogP contribution < -0.4 is 0 Å². The van der Waals surface area contributed by atoms with Crippen LogP contribution in [0.15, 0.2) is 24.3 Å². The zero-order chi connectivity index (χ0) is 65.2. The second-order valence-corrected chi connectivity index (χ2v) is 28.3. The summed E-state index contributed by atoms with van der Waals surface area (Å²) in [5.41, 5.74) is 0. The number of ether oxygens (including phenoxy) is 4. The maximum atomic E-state index is 13.0. The topological polar surface area (TPSA) is 237 Å². The lowest BCUT2D eigenvalue weighted by molar-refractivity contribution is -0.161. The van der Waals surface area contributed by atoms with E-state index in [2.05, 4.69) is 72.8 Å². The van der Waals surface area contributed by atoms with Crippen molar-refractivity contribution < 1.29 is 80.2 Å². The number of hydrogen-bond donors (Lipinski definition) is 3. The van der Waals surface area contributed by atoms with Gasteiger partial charge in [-0.15, -0.1) is 0 Å². The summed E-state index contributed by atoms with van der Waals surface area (Å²) in [7, 11) is -9.91. The van der Waals surface area contributed by atoms with Crippen LogP contribution in [0.3, 0.4) is 0 Å². The molecule has 17 nitrogen and oxygen atoms in total. The number of rotatable bonds is 65. The Kier molecular flexibility index (Phi) is 57.9. The predicted molar refractivity (Wildman–Crippen MR) is 354 cm³/mol. The van der Waals surface area contributed by atoms with Gasteiger partial charge in [-0.2, -0.15) is 0 Å². The molecule has 3 unspecified atom stereocenters. The van der Waals surface area contributed by atoms with Crippen molar-refractivity contribution >= 4 is 39.5 Å². The zero-order valence-corrected chi connectivity index (χ0v) is 58.5. The molecule has 0 heterocycles. The van der Waals surface area contributed by atoms with E-state index in [1.807, 2.05) is 0 Å². The fraction of sp³-hybridized carbons (Fsp3) is 0.884. The van der Waals surface area contributed by atoms with Gasteiger partial charge in [-0.3, -0.25) is 37.3 Å². The number of carbonyl (C=O) groups excluding carboxylic acids is 4. The van der Waals surface area contributed by atoms with Crippen molar-refractivity contribution in [1.29, 1.82) is 0 Å². The lowest BCUT2D eigenvalue weighted by atomic mass is 10.00. The minimum Gasteiger partial charge on any atom is -0.462 e. The maximum Gasteiger partial charge on any atom is 0.472 e. The highest BCUT2D eigenvalue weighted by Gasteiger charge is 2.30. The number of aliphatic hydroxyl groups is 1. The number of hydrogen-bond acceptors (Lipinski definition) is 15. The summed E-state index contributed by atoms with van der Waals surface area (Å²) in [4.78, 5) is 72.4. The Morgan fingerprint density at radius 1 is 0.375 bits per heavy atom. The smallest absolute Gasteiger partial charge is 0.462 e. The molecule has 0 aliphatic rings. The van der Waals surface area contributed by atoms with Gasteiger partial charge in [0.25, 0.3) is 0 Å².